The van der Waals surface area contributed by atoms with E-state index in [1.807, 2.05) is 13.8 Å². The average molecular weight is 271 g/mol. The SMILES string of the molecule is CC.CCCCCCNCCCN1CCCCC1C. The molecule has 19 heavy (non-hydrogen) atoms. The van der Waals surface area contributed by atoms with Crippen molar-refractivity contribution in [2.45, 2.75) is 85.1 Å². The van der Waals surface area contributed by atoms with E-state index in [1.54, 1.807) is 0 Å². The second kappa shape index (κ2) is 14.3. The van der Waals surface area contributed by atoms with Crippen LogP contribution in [0.25, 0.3) is 0 Å². The van der Waals surface area contributed by atoms with Crippen LogP contribution in [0.3, 0.4) is 0 Å². The van der Waals surface area contributed by atoms with Crippen molar-refractivity contribution in [1.29, 1.82) is 0 Å². The third kappa shape index (κ3) is 10.4. The zero-order valence-electron chi connectivity index (χ0n) is 14.0. The highest BCUT2D eigenvalue weighted by molar-refractivity contribution is 4.72. The third-order valence-corrected chi connectivity index (χ3v) is 3.95. The molecule has 2 heteroatoms. The summed E-state index contributed by atoms with van der Waals surface area (Å²) in [7, 11) is 0. The predicted octanol–water partition coefficient (Wildman–Crippen LogP) is 4.45. The van der Waals surface area contributed by atoms with Gasteiger partial charge in [-0.3, -0.25) is 0 Å². The Morgan fingerprint density at radius 3 is 2.42 bits per heavy atom. The van der Waals surface area contributed by atoms with Crippen LogP contribution in [0.5, 0.6) is 0 Å². The Morgan fingerprint density at radius 2 is 1.74 bits per heavy atom. The van der Waals surface area contributed by atoms with Crippen molar-refractivity contribution in [1.82, 2.24) is 10.2 Å². The molecule has 2 nitrogen and oxygen atoms in total. The van der Waals surface area contributed by atoms with Gasteiger partial charge in [0.25, 0.3) is 0 Å². The Morgan fingerprint density at radius 1 is 1.00 bits per heavy atom. The molecule has 1 aliphatic heterocycles. The highest BCUT2D eigenvalue weighted by Gasteiger charge is 2.16. The molecule has 1 N–H and O–H groups in total. The molecule has 0 aromatic carbocycles. The molecule has 0 bridgehead atoms. The molecule has 0 radical (unpaired) electrons. The summed E-state index contributed by atoms with van der Waals surface area (Å²) < 4.78 is 0. The molecular formula is C17H38N2. The van der Waals surface area contributed by atoms with Crippen LogP contribution >= 0.6 is 0 Å². The minimum absolute atomic E-state index is 0.827. The average Bonchev–Trinajstić information content (AvgIpc) is 2.46. The smallest absolute Gasteiger partial charge is 0.00669 e. The van der Waals surface area contributed by atoms with Crippen molar-refractivity contribution >= 4 is 0 Å². The largest absolute Gasteiger partial charge is 0.317 e. The van der Waals surface area contributed by atoms with E-state index in [9.17, 15) is 0 Å². The maximum absolute atomic E-state index is 3.57. The van der Waals surface area contributed by atoms with Gasteiger partial charge in [-0.15, -0.1) is 0 Å². The van der Waals surface area contributed by atoms with E-state index in [2.05, 4.69) is 24.1 Å². The van der Waals surface area contributed by atoms with Gasteiger partial charge in [-0.25, -0.2) is 0 Å². The molecule has 0 aromatic rings. The van der Waals surface area contributed by atoms with Gasteiger partial charge in [-0.05, 0) is 58.8 Å². The summed E-state index contributed by atoms with van der Waals surface area (Å²) in [6.07, 6.45) is 11.1. The Balaban J connectivity index is 0.00000154. The third-order valence-electron chi connectivity index (χ3n) is 3.95. The molecule has 0 saturated carbocycles. The van der Waals surface area contributed by atoms with Crippen LogP contribution < -0.4 is 5.32 Å². The van der Waals surface area contributed by atoms with E-state index in [0.717, 1.165) is 6.04 Å². The number of piperidine rings is 1. The van der Waals surface area contributed by atoms with Crippen LogP contribution in [-0.4, -0.2) is 37.1 Å². The maximum Gasteiger partial charge on any atom is 0.00669 e. The van der Waals surface area contributed by atoms with Crippen molar-refractivity contribution < 1.29 is 0 Å². The van der Waals surface area contributed by atoms with Gasteiger partial charge in [-0.1, -0.05) is 46.5 Å². The maximum atomic E-state index is 3.57. The van der Waals surface area contributed by atoms with Crippen LogP contribution in [0.2, 0.25) is 0 Å². The van der Waals surface area contributed by atoms with E-state index in [1.165, 1.54) is 77.5 Å². The Hall–Kier alpha value is -0.0800. The predicted molar refractivity (Wildman–Crippen MR) is 87.9 cm³/mol. The highest BCUT2D eigenvalue weighted by atomic mass is 15.2. The van der Waals surface area contributed by atoms with Gasteiger partial charge >= 0.3 is 0 Å². The van der Waals surface area contributed by atoms with Gasteiger partial charge in [0.2, 0.25) is 0 Å². The number of rotatable bonds is 9. The molecule has 0 aromatic heterocycles. The molecule has 0 aliphatic carbocycles. The topological polar surface area (TPSA) is 15.3 Å². The molecule has 1 atom stereocenters. The number of unbranched alkanes of at least 4 members (excludes halogenated alkanes) is 3. The summed E-state index contributed by atoms with van der Waals surface area (Å²) in [5.41, 5.74) is 0. The van der Waals surface area contributed by atoms with E-state index in [4.69, 9.17) is 0 Å². The lowest BCUT2D eigenvalue weighted by Crippen LogP contribution is -2.38. The number of nitrogens with one attached hydrogen (secondary N) is 1. The molecule has 1 unspecified atom stereocenters. The summed E-state index contributed by atoms with van der Waals surface area (Å²) in [5, 5.41) is 3.57. The molecule has 0 spiro atoms. The standard InChI is InChI=1S/C15H32N2.C2H6/c1-3-4-5-7-11-16-12-9-14-17-13-8-6-10-15(17)2;1-2/h15-16H,3-14H2,1-2H3;1-2H3. The summed E-state index contributed by atoms with van der Waals surface area (Å²) >= 11 is 0. The quantitative estimate of drug-likeness (QED) is 0.623. The van der Waals surface area contributed by atoms with Gasteiger partial charge < -0.3 is 10.2 Å². The lowest BCUT2D eigenvalue weighted by atomic mass is 10.0. The van der Waals surface area contributed by atoms with Gasteiger partial charge in [0.05, 0.1) is 0 Å². The minimum Gasteiger partial charge on any atom is -0.317 e. The first kappa shape index (κ1) is 18.9. The first-order chi connectivity index (χ1) is 9.34. The Bertz CT molecular complexity index is 171. The van der Waals surface area contributed by atoms with Gasteiger partial charge in [0.15, 0.2) is 0 Å². The zero-order chi connectivity index (χ0) is 14.3. The van der Waals surface area contributed by atoms with Crippen molar-refractivity contribution in [3.05, 3.63) is 0 Å². The lowest BCUT2D eigenvalue weighted by Gasteiger charge is -2.33. The molecule has 1 saturated heterocycles. The summed E-state index contributed by atoms with van der Waals surface area (Å²) in [6.45, 7) is 13.7. The molecule has 0 amide bonds. The molecule has 1 aliphatic rings. The minimum atomic E-state index is 0.827. The molecule has 1 fully saturated rings. The van der Waals surface area contributed by atoms with Crippen molar-refractivity contribution in [2.75, 3.05) is 26.2 Å². The van der Waals surface area contributed by atoms with Crippen LogP contribution in [0.4, 0.5) is 0 Å². The number of hydrogen-bond donors (Lipinski definition) is 1. The number of likely N-dealkylation sites (tertiary alicyclic amines) is 1. The first-order valence-electron chi connectivity index (χ1n) is 8.79. The number of nitrogens with zero attached hydrogens (tertiary/aromatic N) is 1. The summed E-state index contributed by atoms with van der Waals surface area (Å²) in [4.78, 5) is 2.67. The second-order valence-electron chi connectivity index (χ2n) is 5.54. The second-order valence-corrected chi connectivity index (χ2v) is 5.54. The van der Waals surface area contributed by atoms with Crippen LogP contribution in [0.15, 0.2) is 0 Å². The number of hydrogen-bond acceptors (Lipinski definition) is 2. The Kier molecular flexibility index (Phi) is 14.3. The van der Waals surface area contributed by atoms with E-state index < -0.39 is 0 Å². The fourth-order valence-electron chi connectivity index (χ4n) is 2.70. The van der Waals surface area contributed by atoms with E-state index in [-0.39, 0.29) is 0 Å². The fraction of sp³-hybridized carbons (Fsp3) is 1.00. The monoisotopic (exact) mass is 270 g/mol. The summed E-state index contributed by atoms with van der Waals surface area (Å²) in [6, 6.07) is 0.827. The lowest BCUT2D eigenvalue weighted by molar-refractivity contribution is 0.159. The van der Waals surface area contributed by atoms with E-state index in [0.29, 0.717) is 0 Å². The van der Waals surface area contributed by atoms with Crippen molar-refractivity contribution in [3.8, 4) is 0 Å². The van der Waals surface area contributed by atoms with Gasteiger partial charge in [-0.2, -0.15) is 0 Å². The zero-order valence-corrected chi connectivity index (χ0v) is 14.0. The molecule has 1 heterocycles. The molecule has 1 rings (SSSR count). The van der Waals surface area contributed by atoms with Crippen LogP contribution in [0, 0.1) is 0 Å². The Labute approximate surface area is 122 Å². The van der Waals surface area contributed by atoms with Crippen molar-refractivity contribution in [3.63, 3.8) is 0 Å². The van der Waals surface area contributed by atoms with Crippen LogP contribution in [0.1, 0.15) is 79.1 Å². The van der Waals surface area contributed by atoms with Crippen molar-refractivity contribution in [2.24, 2.45) is 0 Å². The molecular weight excluding hydrogens is 232 g/mol. The summed E-state index contributed by atoms with van der Waals surface area (Å²) in [5.74, 6) is 0. The van der Waals surface area contributed by atoms with Gasteiger partial charge in [0.1, 0.15) is 0 Å². The first-order valence-corrected chi connectivity index (χ1v) is 8.79. The van der Waals surface area contributed by atoms with Gasteiger partial charge in [0, 0.05) is 6.04 Å². The highest BCUT2D eigenvalue weighted by Crippen LogP contribution is 2.15. The fourth-order valence-corrected chi connectivity index (χ4v) is 2.70. The molecule has 116 valence electrons. The normalized spacial score (nSPS) is 19.9. The van der Waals surface area contributed by atoms with E-state index >= 15 is 0 Å². The van der Waals surface area contributed by atoms with Crippen LogP contribution in [-0.2, 0) is 0 Å².